The highest BCUT2D eigenvalue weighted by Gasteiger charge is 2.23. The van der Waals surface area contributed by atoms with Crippen LogP contribution in [0, 0.1) is 5.82 Å². The van der Waals surface area contributed by atoms with E-state index in [2.05, 4.69) is 21.2 Å². The van der Waals surface area contributed by atoms with E-state index in [1.165, 1.54) is 12.1 Å². The van der Waals surface area contributed by atoms with Gasteiger partial charge in [0.2, 0.25) is 5.91 Å². The second kappa shape index (κ2) is 8.20. The summed E-state index contributed by atoms with van der Waals surface area (Å²) in [7, 11) is 0. The maximum Gasteiger partial charge on any atom is 0.234 e. The molecule has 1 fully saturated rings. The number of benzene rings is 1. The van der Waals surface area contributed by atoms with Crippen molar-refractivity contribution in [3.05, 3.63) is 56.4 Å². The van der Waals surface area contributed by atoms with Crippen molar-refractivity contribution in [3.63, 3.8) is 0 Å². The fourth-order valence-electron chi connectivity index (χ4n) is 2.65. The Balaban J connectivity index is 1.50. The Morgan fingerprint density at radius 1 is 1.46 bits per heavy atom. The van der Waals surface area contributed by atoms with E-state index >= 15 is 0 Å². The van der Waals surface area contributed by atoms with Crippen molar-refractivity contribution in [1.29, 1.82) is 0 Å². The normalized spacial score (nSPS) is 18.5. The lowest BCUT2D eigenvalue weighted by molar-refractivity contribution is -0.124. The van der Waals surface area contributed by atoms with Gasteiger partial charge in [-0.15, -0.1) is 11.3 Å². The van der Waals surface area contributed by atoms with Crippen LogP contribution in [-0.2, 0) is 16.1 Å². The second-order valence-corrected chi connectivity index (χ2v) is 7.57. The first-order chi connectivity index (χ1) is 11.6. The van der Waals surface area contributed by atoms with E-state index in [0.29, 0.717) is 32.8 Å². The Bertz CT molecular complexity index is 709. The lowest BCUT2D eigenvalue weighted by Gasteiger charge is -2.32. The number of carbonyl (C=O) groups excluding carboxylic acids is 1. The quantitative estimate of drug-likeness (QED) is 0.818. The number of amides is 1. The molecular formula is C17H18BrFN2O2S. The van der Waals surface area contributed by atoms with Gasteiger partial charge in [0.25, 0.3) is 0 Å². The molecular weight excluding hydrogens is 395 g/mol. The lowest BCUT2D eigenvalue weighted by Crippen LogP contribution is -2.44. The standard InChI is InChI=1S/C17H18BrFN2O2S/c18-13-7-15(24-11-13)8-20-17(22)10-21-4-5-23-16(9-21)12-2-1-3-14(19)6-12/h1-3,6-7,11,16H,4-5,8-10H2,(H,20,22). The smallest absolute Gasteiger partial charge is 0.234 e. The third kappa shape index (κ3) is 4.86. The molecule has 1 aliphatic heterocycles. The first kappa shape index (κ1) is 17.5. The van der Waals surface area contributed by atoms with Gasteiger partial charge in [-0.25, -0.2) is 4.39 Å². The zero-order valence-corrected chi connectivity index (χ0v) is 15.4. The van der Waals surface area contributed by atoms with Crippen LogP contribution in [0.25, 0.3) is 0 Å². The third-order valence-electron chi connectivity index (χ3n) is 3.82. The Hall–Kier alpha value is -1.28. The fraction of sp³-hybridized carbons (Fsp3) is 0.353. The second-order valence-electron chi connectivity index (χ2n) is 5.66. The molecule has 1 amide bonds. The number of morpholine rings is 1. The highest BCUT2D eigenvalue weighted by molar-refractivity contribution is 9.10. The Kier molecular flexibility index (Phi) is 5.99. The maximum atomic E-state index is 13.4. The molecule has 1 saturated heterocycles. The van der Waals surface area contributed by atoms with Crippen molar-refractivity contribution in [2.24, 2.45) is 0 Å². The number of thiophene rings is 1. The van der Waals surface area contributed by atoms with Crippen LogP contribution in [0.3, 0.4) is 0 Å². The molecule has 1 unspecified atom stereocenters. The molecule has 0 radical (unpaired) electrons. The first-order valence-corrected chi connectivity index (χ1v) is 9.36. The van der Waals surface area contributed by atoms with Crippen LogP contribution < -0.4 is 5.32 Å². The summed E-state index contributed by atoms with van der Waals surface area (Å²) >= 11 is 5.01. The van der Waals surface area contributed by atoms with Crippen molar-refractivity contribution < 1.29 is 13.9 Å². The summed E-state index contributed by atoms with van der Waals surface area (Å²) in [5.41, 5.74) is 0.809. The molecule has 2 heterocycles. The minimum absolute atomic E-state index is 0.0144. The molecule has 0 bridgehead atoms. The SMILES string of the molecule is O=C(CN1CCOC(c2cccc(F)c2)C1)NCc1cc(Br)cs1. The van der Waals surface area contributed by atoms with E-state index in [4.69, 9.17) is 4.74 Å². The molecule has 2 aromatic rings. The van der Waals surface area contributed by atoms with E-state index in [0.717, 1.165) is 14.9 Å². The van der Waals surface area contributed by atoms with Gasteiger partial charge in [-0.1, -0.05) is 12.1 Å². The summed E-state index contributed by atoms with van der Waals surface area (Å²) in [5.74, 6) is -0.285. The Morgan fingerprint density at radius 3 is 3.08 bits per heavy atom. The van der Waals surface area contributed by atoms with Gasteiger partial charge < -0.3 is 10.1 Å². The van der Waals surface area contributed by atoms with Crippen LogP contribution in [0.5, 0.6) is 0 Å². The summed E-state index contributed by atoms with van der Waals surface area (Å²) in [6.07, 6.45) is -0.199. The van der Waals surface area contributed by atoms with Crippen LogP contribution in [0.4, 0.5) is 4.39 Å². The Morgan fingerprint density at radius 2 is 2.33 bits per heavy atom. The molecule has 128 valence electrons. The number of halogens is 2. The lowest BCUT2D eigenvalue weighted by atomic mass is 10.1. The molecule has 1 N–H and O–H groups in total. The fourth-order valence-corrected chi connectivity index (χ4v) is 4.04. The van der Waals surface area contributed by atoms with Crippen LogP contribution in [0.1, 0.15) is 16.5 Å². The van der Waals surface area contributed by atoms with Crippen molar-refractivity contribution >= 4 is 33.2 Å². The predicted molar refractivity (Wildman–Crippen MR) is 95.4 cm³/mol. The molecule has 24 heavy (non-hydrogen) atoms. The highest BCUT2D eigenvalue weighted by Crippen LogP contribution is 2.23. The number of hydrogen-bond acceptors (Lipinski definition) is 4. The average Bonchev–Trinajstić information content (AvgIpc) is 2.99. The molecule has 0 saturated carbocycles. The largest absolute Gasteiger partial charge is 0.371 e. The average molecular weight is 413 g/mol. The first-order valence-electron chi connectivity index (χ1n) is 7.69. The molecule has 1 aromatic heterocycles. The summed E-state index contributed by atoms with van der Waals surface area (Å²) in [5, 5.41) is 4.92. The van der Waals surface area contributed by atoms with Gasteiger partial charge in [-0.2, -0.15) is 0 Å². The molecule has 0 spiro atoms. The van der Waals surface area contributed by atoms with Gasteiger partial charge in [0.15, 0.2) is 0 Å². The van der Waals surface area contributed by atoms with Gasteiger partial charge in [-0.05, 0) is 39.7 Å². The van der Waals surface area contributed by atoms with Crippen LogP contribution in [0.2, 0.25) is 0 Å². The number of nitrogens with zero attached hydrogens (tertiary/aromatic N) is 1. The van der Waals surface area contributed by atoms with E-state index in [-0.39, 0.29) is 17.8 Å². The van der Waals surface area contributed by atoms with Crippen LogP contribution >= 0.6 is 27.3 Å². The van der Waals surface area contributed by atoms with Gasteiger partial charge >= 0.3 is 0 Å². The summed E-state index contributed by atoms with van der Waals surface area (Å²) in [4.78, 5) is 15.3. The van der Waals surface area contributed by atoms with Crippen molar-refractivity contribution in [1.82, 2.24) is 10.2 Å². The molecule has 3 rings (SSSR count). The molecule has 1 atom stereocenters. The van der Waals surface area contributed by atoms with Gasteiger partial charge in [0.05, 0.1) is 25.8 Å². The topological polar surface area (TPSA) is 41.6 Å². The minimum Gasteiger partial charge on any atom is -0.371 e. The minimum atomic E-state index is -0.270. The van der Waals surface area contributed by atoms with Crippen molar-refractivity contribution in [2.75, 3.05) is 26.2 Å². The van der Waals surface area contributed by atoms with E-state index in [1.54, 1.807) is 17.4 Å². The monoisotopic (exact) mass is 412 g/mol. The molecule has 1 aromatic carbocycles. The molecule has 0 aliphatic carbocycles. The highest BCUT2D eigenvalue weighted by atomic mass is 79.9. The van der Waals surface area contributed by atoms with Gasteiger partial charge in [-0.3, -0.25) is 9.69 Å². The van der Waals surface area contributed by atoms with E-state index < -0.39 is 0 Å². The Labute approximate surface area is 152 Å². The molecule has 4 nitrogen and oxygen atoms in total. The van der Waals surface area contributed by atoms with Gasteiger partial charge in [0, 0.05) is 27.8 Å². The zero-order valence-electron chi connectivity index (χ0n) is 13.0. The van der Waals surface area contributed by atoms with Crippen molar-refractivity contribution in [2.45, 2.75) is 12.6 Å². The summed E-state index contributed by atoms with van der Waals surface area (Å²) < 4.78 is 20.1. The number of rotatable bonds is 5. The number of ether oxygens (including phenoxy) is 1. The van der Waals surface area contributed by atoms with Crippen molar-refractivity contribution in [3.8, 4) is 0 Å². The van der Waals surface area contributed by atoms with E-state index in [9.17, 15) is 9.18 Å². The summed E-state index contributed by atoms with van der Waals surface area (Å²) in [6, 6.07) is 8.44. The molecule has 1 aliphatic rings. The number of nitrogens with one attached hydrogen (secondary N) is 1. The zero-order chi connectivity index (χ0) is 16.9. The number of hydrogen-bond donors (Lipinski definition) is 1. The summed E-state index contributed by atoms with van der Waals surface area (Å²) in [6.45, 7) is 2.67. The van der Waals surface area contributed by atoms with Crippen LogP contribution in [-0.4, -0.2) is 37.0 Å². The third-order valence-corrected chi connectivity index (χ3v) is 5.52. The molecule has 7 heteroatoms. The number of carbonyl (C=O) groups is 1. The van der Waals surface area contributed by atoms with E-state index in [1.807, 2.05) is 22.4 Å². The van der Waals surface area contributed by atoms with Crippen LogP contribution in [0.15, 0.2) is 40.2 Å². The van der Waals surface area contributed by atoms with Gasteiger partial charge in [0.1, 0.15) is 5.82 Å². The maximum absolute atomic E-state index is 13.4. The predicted octanol–water partition coefficient (Wildman–Crippen LogP) is 3.34.